The molecule has 172 valence electrons. The highest BCUT2D eigenvalue weighted by atomic mass is 32.2. The molecule has 0 radical (unpaired) electrons. The van der Waals surface area contributed by atoms with E-state index in [1.54, 1.807) is 36.1 Å². The third kappa shape index (κ3) is 4.85. The van der Waals surface area contributed by atoms with Crippen molar-refractivity contribution in [2.24, 2.45) is 0 Å². The highest BCUT2D eigenvalue weighted by Gasteiger charge is 2.43. The van der Waals surface area contributed by atoms with Crippen LogP contribution in [0, 0.1) is 13.8 Å². The SMILES string of the molecule is Cc1ccc(S(=O)(=O)N2CCN(C(=O)CSc3nnc(C)c(=O)[nH]3)C2c2ccccc2)cc1. The second-order valence-corrected chi connectivity index (χ2v) is 10.5. The number of amides is 1. The molecule has 3 aromatic rings. The van der Waals surface area contributed by atoms with Crippen LogP contribution in [0.1, 0.15) is 23.0 Å². The molecule has 2 aromatic carbocycles. The van der Waals surface area contributed by atoms with Crippen LogP contribution in [0.3, 0.4) is 0 Å². The average molecular weight is 486 g/mol. The number of aromatic amines is 1. The maximum atomic E-state index is 13.5. The number of carbonyl (C=O) groups is 1. The van der Waals surface area contributed by atoms with Crippen LogP contribution in [0.2, 0.25) is 0 Å². The van der Waals surface area contributed by atoms with Crippen molar-refractivity contribution in [1.29, 1.82) is 0 Å². The van der Waals surface area contributed by atoms with Crippen LogP contribution in [0.25, 0.3) is 0 Å². The predicted molar refractivity (Wildman–Crippen MR) is 124 cm³/mol. The van der Waals surface area contributed by atoms with Gasteiger partial charge in [-0.15, -0.1) is 10.2 Å². The first-order valence-electron chi connectivity index (χ1n) is 10.3. The maximum Gasteiger partial charge on any atom is 0.273 e. The molecule has 1 saturated heterocycles. The van der Waals surface area contributed by atoms with Crippen LogP contribution in [0.15, 0.2) is 69.4 Å². The summed E-state index contributed by atoms with van der Waals surface area (Å²) in [4.78, 5) is 29.2. The van der Waals surface area contributed by atoms with Crippen LogP contribution >= 0.6 is 11.8 Å². The number of rotatable bonds is 6. The second kappa shape index (κ2) is 9.46. The fraction of sp³-hybridized carbons (Fsp3) is 0.273. The molecule has 1 aliphatic rings. The summed E-state index contributed by atoms with van der Waals surface area (Å²) in [5.41, 5.74) is 1.54. The quantitative estimate of drug-likeness (QED) is 0.532. The number of thioether (sulfide) groups is 1. The minimum absolute atomic E-state index is 0.0184. The smallest absolute Gasteiger partial charge is 0.273 e. The fourth-order valence-corrected chi connectivity index (χ4v) is 5.85. The van der Waals surface area contributed by atoms with E-state index in [1.807, 2.05) is 37.3 Å². The predicted octanol–water partition coefficient (Wildman–Crippen LogP) is 2.11. The first-order chi connectivity index (χ1) is 15.8. The monoisotopic (exact) mass is 485 g/mol. The van der Waals surface area contributed by atoms with E-state index in [1.165, 1.54) is 4.31 Å². The lowest BCUT2D eigenvalue weighted by Gasteiger charge is -2.30. The first kappa shape index (κ1) is 23.1. The number of benzene rings is 2. The van der Waals surface area contributed by atoms with Gasteiger partial charge in [0.05, 0.1) is 10.6 Å². The lowest BCUT2D eigenvalue weighted by atomic mass is 10.1. The zero-order valence-corrected chi connectivity index (χ0v) is 19.8. The van der Waals surface area contributed by atoms with Gasteiger partial charge < -0.3 is 4.90 Å². The van der Waals surface area contributed by atoms with E-state index >= 15 is 0 Å². The average Bonchev–Trinajstić information content (AvgIpc) is 3.27. The number of hydrogen-bond acceptors (Lipinski definition) is 7. The summed E-state index contributed by atoms with van der Waals surface area (Å²) in [6, 6.07) is 15.8. The Morgan fingerprint density at radius 3 is 2.42 bits per heavy atom. The normalized spacial score (nSPS) is 16.8. The van der Waals surface area contributed by atoms with E-state index in [9.17, 15) is 18.0 Å². The van der Waals surface area contributed by atoms with E-state index in [2.05, 4.69) is 15.2 Å². The Hall–Kier alpha value is -3.02. The minimum Gasteiger partial charge on any atom is -0.320 e. The summed E-state index contributed by atoms with van der Waals surface area (Å²) < 4.78 is 28.3. The molecule has 0 bridgehead atoms. The molecule has 0 aliphatic carbocycles. The minimum atomic E-state index is -3.83. The number of sulfonamides is 1. The van der Waals surface area contributed by atoms with Gasteiger partial charge in [0.1, 0.15) is 11.9 Å². The van der Waals surface area contributed by atoms with Crippen molar-refractivity contribution in [3.8, 4) is 0 Å². The number of carbonyl (C=O) groups excluding carboxylic acids is 1. The zero-order chi connectivity index (χ0) is 23.6. The molecule has 33 heavy (non-hydrogen) atoms. The Balaban J connectivity index is 1.61. The molecule has 0 saturated carbocycles. The lowest BCUT2D eigenvalue weighted by molar-refractivity contribution is -0.130. The van der Waals surface area contributed by atoms with Crippen LogP contribution < -0.4 is 5.56 Å². The van der Waals surface area contributed by atoms with Gasteiger partial charge >= 0.3 is 0 Å². The van der Waals surface area contributed by atoms with Crippen molar-refractivity contribution in [2.75, 3.05) is 18.8 Å². The van der Waals surface area contributed by atoms with E-state index in [-0.39, 0.29) is 46.1 Å². The van der Waals surface area contributed by atoms with E-state index in [4.69, 9.17) is 0 Å². The van der Waals surface area contributed by atoms with Gasteiger partial charge in [0, 0.05) is 13.1 Å². The first-order valence-corrected chi connectivity index (χ1v) is 12.7. The molecule has 1 unspecified atom stereocenters. The molecule has 1 aliphatic heterocycles. The third-order valence-corrected chi connectivity index (χ3v) is 8.06. The van der Waals surface area contributed by atoms with Gasteiger partial charge in [0.15, 0.2) is 5.16 Å². The highest BCUT2D eigenvalue weighted by Crippen LogP contribution is 2.35. The standard InChI is InChI=1S/C22H23N5O4S2/c1-15-8-10-18(11-9-15)33(30,31)27-13-12-26(21(27)17-6-4-3-5-7-17)19(28)14-32-22-23-20(29)16(2)24-25-22/h3-11,21H,12-14H2,1-2H3,(H,23,25,29). The largest absolute Gasteiger partial charge is 0.320 e. The Kier molecular flexibility index (Phi) is 6.63. The Morgan fingerprint density at radius 2 is 1.76 bits per heavy atom. The van der Waals surface area contributed by atoms with E-state index in [0.29, 0.717) is 5.56 Å². The van der Waals surface area contributed by atoms with Gasteiger partial charge in [-0.25, -0.2) is 8.42 Å². The number of hydrogen-bond donors (Lipinski definition) is 1. The number of H-pyrrole nitrogens is 1. The molecule has 1 aromatic heterocycles. The Labute approximate surface area is 195 Å². The summed E-state index contributed by atoms with van der Waals surface area (Å²) in [6.45, 7) is 3.86. The van der Waals surface area contributed by atoms with Crippen molar-refractivity contribution in [3.05, 3.63) is 81.8 Å². The molecular formula is C22H23N5O4S2. The molecule has 4 rings (SSSR count). The molecule has 0 spiro atoms. The summed E-state index contributed by atoms with van der Waals surface area (Å²) in [5, 5.41) is 7.90. The van der Waals surface area contributed by atoms with Crippen molar-refractivity contribution in [1.82, 2.24) is 24.4 Å². The van der Waals surface area contributed by atoms with Crippen LogP contribution in [-0.4, -0.2) is 57.6 Å². The van der Waals surface area contributed by atoms with Gasteiger partial charge in [-0.3, -0.25) is 14.6 Å². The van der Waals surface area contributed by atoms with E-state index < -0.39 is 16.2 Å². The molecule has 2 heterocycles. The zero-order valence-electron chi connectivity index (χ0n) is 18.1. The molecule has 1 atom stereocenters. The molecular weight excluding hydrogens is 462 g/mol. The summed E-state index contributed by atoms with van der Waals surface area (Å²) in [6.07, 6.45) is -0.770. The van der Waals surface area contributed by atoms with Gasteiger partial charge in [0.2, 0.25) is 15.9 Å². The van der Waals surface area contributed by atoms with Crippen LogP contribution in [0.4, 0.5) is 0 Å². The van der Waals surface area contributed by atoms with E-state index in [0.717, 1.165) is 17.3 Å². The summed E-state index contributed by atoms with van der Waals surface area (Å²) >= 11 is 1.05. The third-order valence-electron chi connectivity index (χ3n) is 5.35. The van der Waals surface area contributed by atoms with Crippen molar-refractivity contribution >= 4 is 27.7 Å². The molecule has 11 heteroatoms. The lowest BCUT2D eigenvalue weighted by Crippen LogP contribution is -2.38. The van der Waals surface area contributed by atoms with Crippen molar-refractivity contribution in [3.63, 3.8) is 0 Å². The molecule has 1 N–H and O–H groups in total. The topological polar surface area (TPSA) is 116 Å². The summed E-state index contributed by atoms with van der Waals surface area (Å²) in [5.74, 6) is -0.284. The fourth-order valence-electron chi connectivity index (χ4n) is 3.59. The number of nitrogens with zero attached hydrogens (tertiary/aromatic N) is 4. The van der Waals surface area contributed by atoms with Crippen molar-refractivity contribution < 1.29 is 13.2 Å². The van der Waals surface area contributed by atoms with Gasteiger partial charge in [0.25, 0.3) is 5.56 Å². The van der Waals surface area contributed by atoms with Crippen LogP contribution in [0.5, 0.6) is 0 Å². The summed E-state index contributed by atoms with van der Waals surface area (Å²) in [7, 11) is -3.83. The van der Waals surface area contributed by atoms with Gasteiger partial charge in [-0.05, 0) is 31.5 Å². The molecule has 1 fully saturated rings. The van der Waals surface area contributed by atoms with Crippen LogP contribution in [-0.2, 0) is 14.8 Å². The highest BCUT2D eigenvalue weighted by molar-refractivity contribution is 7.99. The molecule has 9 nitrogen and oxygen atoms in total. The molecule has 1 amide bonds. The maximum absolute atomic E-state index is 13.5. The Bertz CT molecular complexity index is 1310. The number of aromatic nitrogens is 3. The number of nitrogens with one attached hydrogen (secondary N) is 1. The second-order valence-electron chi connectivity index (χ2n) is 7.63. The van der Waals surface area contributed by atoms with Gasteiger partial charge in [-0.2, -0.15) is 4.31 Å². The van der Waals surface area contributed by atoms with Crippen molar-refractivity contribution in [2.45, 2.75) is 30.1 Å². The Morgan fingerprint density at radius 1 is 1.06 bits per heavy atom. The van der Waals surface area contributed by atoms with Gasteiger partial charge in [-0.1, -0.05) is 59.8 Å². The number of aryl methyl sites for hydroxylation is 2.